The number of para-hydroxylation sites is 3. The van der Waals surface area contributed by atoms with Crippen LogP contribution in [0.4, 0.5) is 11.5 Å². The lowest BCUT2D eigenvalue weighted by Gasteiger charge is -2.15. The van der Waals surface area contributed by atoms with E-state index in [1.807, 2.05) is 62.4 Å². The minimum atomic E-state index is -0.298. The molecule has 2 N–H and O–H groups in total. The van der Waals surface area contributed by atoms with Crippen molar-refractivity contribution in [3.63, 3.8) is 0 Å². The number of nitrogens with zero attached hydrogens (tertiary/aromatic N) is 2. The van der Waals surface area contributed by atoms with Gasteiger partial charge in [0.15, 0.2) is 0 Å². The van der Waals surface area contributed by atoms with Gasteiger partial charge < -0.3 is 20.1 Å². The molecule has 3 rings (SSSR count). The van der Waals surface area contributed by atoms with Gasteiger partial charge >= 0.3 is 0 Å². The third kappa shape index (κ3) is 5.44. The second-order valence-electron chi connectivity index (χ2n) is 6.57. The molecule has 0 saturated heterocycles. The van der Waals surface area contributed by atoms with Crippen molar-refractivity contribution in [2.24, 2.45) is 0 Å². The molecule has 0 aliphatic rings. The van der Waals surface area contributed by atoms with Gasteiger partial charge in [-0.25, -0.2) is 9.97 Å². The maximum atomic E-state index is 12.5. The number of nitrogens with one attached hydrogen (secondary N) is 2. The highest BCUT2D eigenvalue weighted by molar-refractivity contribution is 5.93. The van der Waals surface area contributed by atoms with E-state index in [-0.39, 0.29) is 17.7 Å². The van der Waals surface area contributed by atoms with Gasteiger partial charge in [-0.3, -0.25) is 4.79 Å². The van der Waals surface area contributed by atoms with Crippen LogP contribution in [0.15, 0.2) is 60.9 Å². The number of hydrogen-bond acceptors (Lipinski definition) is 6. The molecule has 150 valence electrons. The Morgan fingerprint density at radius 3 is 2.52 bits per heavy atom. The molecule has 0 saturated carbocycles. The third-order valence-electron chi connectivity index (χ3n) is 4.04. The average Bonchev–Trinajstić information content (AvgIpc) is 2.73. The number of aromatic nitrogens is 2. The number of benzene rings is 2. The number of anilines is 2. The monoisotopic (exact) mass is 392 g/mol. The zero-order valence-corrected chi connectivity index (χ0v) is 16.7. The van der Waals surface area contributed by atoms with Crippen LogP contribution in [0.1, 0.15) is 29.9 Å². The summed E-state index contributed by atoms with van der Waals surface area (Å²) in [6.45, 7) is 4.26. The first-order valence-electron chi connectivity index (χ1n) is 9.31. The van der Waals surface area contributed by atoms with Crippen LogP contribution in [0.2, 0.25) is 0 Å². The summed E-state index contributed by atoms with van der Waals surface area (Å²) in [5.41, 5.74) is 1.91. The van der Waals surface area contributed by atoms with Crippen molar-refractivity contribution in [1.29, 1.82) is 0 Å². The van der Waals surface area contributed by atoms with Crippen molar-refractivity contribution < 1.29 is 14.3 Å². The molecule has 0 unspecified atom stereocenters. The lowest BCUT2D eigenvalue weighted by atomic mass is 10.2. The first kappa shape index (κ1) is 20.1. The van der Waals surface area contributed by atoms with E-state index in [1.165, 1.54) is 6.33 Å². The molecule has 0 bridgehead atoms. The van der Waals surface area contributed by atoms with Crippen LogP contribution >= 0.6 is 0 Å². The predicted molar refractivity (Wildman–Crippen MR) is 112 cm³/mol. The van der Waals surface area contributed by atoms with Crippen molar-refractivity contribution in [3.8, 4) is 11.5 Å². The van der Waals surface area contributed by atoms with Gasteiger partial charge in [-0.15, -0.1) is 0 Å². The Kier molecular flexibility index (Phi) is 6.63. The van der Waals surface area contributed by atoms with E-state index < -0.39 is 0 Å². The molecule has 1 aromatic heterocycles. The summed E-state index contributed by atoms with van der Waals surface area (Å²) in [5.74, 6) is 1.64. The fourth-order valence-corrected chi connectivity index (χ4v) is 2.73. The SMILES string of the molecule is COc1ccccc1CNC(=O)c1cc(Nc2ccccc2OC(C)C)ncn1. The minimum Gasteiger partial charge on any atom is -0.496 e. The largest absolute Gasteiger partial charge is 0.496 e. The topological polar surface area (TPSA) is 85.4 Å². The quantitative estimate of drug-likeness (QED) is 0.604. The van der Waals surface area contributed by atoms with Gasteiger partial charge in [-0.2, -0.15) is 0 Å². The Hall–Kier alpha value is -3.61. The molecule has 3 aromatic rings. The van der Waals surface area contributed by atoms with E-state index in [9.17, 15) is 4.79 Å². The van der Waals surface area contributed by atoms with Gasteiger partial charge in [0.05, 0.1) is 18.9 Å². The van der Waals surface area contributed by atoms with E-state index in [2.05, 4.69) is 20.6 Å². The lowest BCUT2D eigenvalue weighted by molar-refractivity contribution is 0.0945. The van der Waals surface area contributed by atoms with Gasteiger partial charge in [-0.05, 0) is 32.0 Å². The normalized spacial score (nSPS) is 10.5. The maximum Gasteiger partial charge on any atom is 0.270 e. The highest BCUT2D eigenvalue weighted by Crippen LogP contribution is 2.27. The Bertz CT molecular complexity index is 976. The predicted octanol–water partition coefficient (Wildman–Crippen LogP) is 3.95. The van der Waals surface area contributed by atoms with Crippen LogP contribution in [-0.2, 0) is 6.54 Å². The fourth-order valence-electron chi connectivity index (χ4n) is 2.73. The summed E-state index contributed by atoms with van der Waals surface area (Å²) in [6, 6.07) is 16.7. The first-order valence-corrected chi connectivity index (χ1v) is 9.31. The average molecular weight is 392 g/mol. The second kappa shape index (κ2) is 9.54. The number of rotatable bonds is 8. The molecule has 1 heterocycles. The number of hydrogen-bond donors (Lipinski definition) is 2. The van der Waals surface area contributed by atoms with Gasteiger partial charge in [0, 0.05) is 18.2 Å². The zero-order chi connectivity index (χ0) is 20.6. The summed E-state index contributed by atoms with van der Waals surface area (Å²) < 4.78 is 11.1. The number of carbonyl (C=O) groups is 1. The zero-order valence-electron chi connectivity index (χ0n) is 16.7. The van der Waals surface area contributed by atoms with Crippen molar-refractivity contribution in [2.75, 3.05) is 12.4 Å². The highest BCUT2D eigenvalue weighted by atomic mass is 16.5. The molecule has 0 aliphatic carbocycles. The Morgan fingerprint density at radius 1 is 1.03 bits per heavy atom. The van der Waals surface area contributed by atoms with E-state index in [1.54, 1.807) is 13.2 Å². The van der Waals surface area contributed by atoms with Crippen LogP contribution in [0, 0.1) is 0 Å². The molecule has 0 spiro atoms. The molecule has 0 radical (unpaired) electrons. The number of amides is 1. The van der Waals surface area contributed by atoms with Crippen LogP contribution in [-0.4, -0.2) is 29.1 Å². The van der Waals surface area contributed by atoms with Gasteiger partial charge in [-0.1, -0.05) is 30.3 Å². The van der Waals surface area contributed by atoms with E-state index in [0.717, 1.165) is 17.0 Å². The first-order chi connectivity index (χ1) is 14.1. The molecule has 29 heavy (non-hydrogen) atoms. The standard InChI is InChI=1S/C22H24N4O3/c1-15(2)29-20-11-7-5-9-17(20)26-21-12-18(24-14-25-21)22(27)23-13-16-8-4-6-10-19(16)28-3/h4-12,14-15H,13H2,1-3H3,(H,23,27)(H,24,25,26). The molecular weight excluding hydrogens is 368 g/mol. The lowest BCUT2D eigenvalue weighted by Crippen LogP contribution is -2.24. The van der Waals surface area contributed by atoms with Gasteiger partial charge in [0.2, 0.25) is 0 Å². The van der Waals surface area contributed by atoms with Crippen molar-refractivity contribution in [1.82, 2.24) is 15.3 Å². The van der Waals surface area contributed by atoms with Crippen LogP contribution in [0.5, 0.6) is 11.5 Å². The number of carbonyl (C=O) groups excluding carboxylic acids is 1. The van der Waals surface area contributed by atoms with Crippen LogP contribution in [0.25, 0.3) is 0 Å². The Morgan fingerprint density at radius 2 is 1.76 bits per heavy atom. The van der Waals surface area contributed by atoms with Crippen LogP contribution < -0.4 is 20.1 Å². The molecule has 7 heteroatoms. The van der Waals surface area contributed by atoms with E-state index >= 15 is 0 Å². The Balaban J connectivity index is 1.70. The summed E-state index contributed by atoms with van der Waals surface area (Å²) in [6.07, 6.45) is 1.39. The molecule has 7 nitrogen and oxygen atoms in total. The summed E-state index contributed by atoms with van der Waals surface area (Å²) in [4.78, 5) is 20.8. The van der Waals surface area contributed by atoms with Crippen molar-refractivity contribution >= 4 is 17.4 Å². The summed E-state index contributed by atoms with van der Waals surface area (Å²) in [5, 5.41) is 6.05. The van der Waals surface area contributed by atoms with Crippen LogP contribution in [0.3, 0.4) is 0 Å². The fraction of sp³-hybridized carbons (Fsp3) is 0.227. The molecule has 0 atom stereocenters. The molecule has 0 aliphatic heterocycles. The highest BCUT2D eigenvalue weighted by Gasteiger charge is 2.12. The second-order valence-corrected chi connectivity index (χ2v) is 6.57. The Labute approximate surface area is 170 Å². The number of methoxy groups -OCH3 is 1. The van der Waals surface area contributed by atoms with Crippen molar-refractivity contribution in [3.05, 3.63) is 72.2 Å². The summed E-state index contributed by atoms with van der Waals surface area (Å²) in [7, 11) is 1.60. The van der Waals surface area contributed by atoms with Gasteiger partial charge in [0.25, 0.3) is 5.91 Å². The third-order valence-corrected chi connectivity index (χ3v) is 4.04. The molecule has 1 amide bonds. The maximum absolute atomic E-state index is 12.5. The number of ether oxygens (including phenoxy) is 2. The minimum absolute atomic E-state index is 0.0414. The summed E-state index contributed by atoms with van der Waals surface area (Å²) >= 11 is 0. The van der Waals surface area contributed by atoms with Crippen molar-refractivity contribution in [2.45, 2.75) is 26.5 Å². The van der Waals surface area contributed by atoms with E-state index in [4.69, 9.17) is 9.47 Å². The molecule has 0 fully saturated rings. The van der Waals surface area contributed by atoms with Gasteiger partial charge in [0.1, 0.15) is 29.3 Å². The smallest absolute Gasteiger partial charge is 0.270 e. The van der Waals surface area contributed by atoms with E-state index in [0.29, 0.717) is 18.1 Å². The molecule has 2 aromatic carbocycles. The molecular formula is C22H24N4O3.